The number of nitrogens with zero attached hydrogens (tertiary/aromatic N) is 1. The first kappa shape index (κ1) is 22.4. The Hall–Kier alpha value is -2.30. The van der Waals surface area contributed by atoms with Crippen LogP contribution in [0, 0.1) is 5.92 Å². The lowest BCUT2D eigenvalue weighted by Gasteiger charge is -2.30. The van der Waals surface area contributed by atoms with E-state index in [4.69, 9.17) is 11.6 Å². The van der Waals surface area contributed by atoms with Gasteiger partial charge >= 0.3 is 6.36 Å². The van der Waals surface area contributed by atoms with E-state index in [0.717, 1.165) is 12.1 Å². The van der Waals surface area contributed by atoms with Gasteiger partial charge in [0.15, 0.2) is 0 Å². The number of piperidine rings is 1. The summed E-state index contributed by atoms with van der Waals surface area (Å²) < 4.78 is 67.1. The molecule has 0 radical (unpaired) electrons. The normalized spacial score (nSPS) is 16.3. The average Bonchev–Trinajstić information content (AvgIpc) is 2.69. The van der Waals surface area contributed by atoms with Gasteiger partial charge in [-0.3, -0.25) is 4.79 Å². The standard InChI is InChI=1S/C19H18ClF3N2O4S/c20-14-1-7-17(8-2-14)30(27,28)25-11-9-13(10-12-25)18(26)24-15-3-5-16(6-4-15)29-19(21,22)23/h1-8,13H,9-12H2,(H,24,26). The van der Waals surface area contributed by atoms with Gasteiger partial charge in [0.05, 0.1) is 4.90 Å². The molecule has 0 aliphatic carbocycles. The fourth-order valence-corrected chi connectivity index (χ4v) is 4.69. The van der Waals surface area contributed by atoms with E-state index in [1.54, 1.807) is 0 Å². The van der Waals surface area contributed by atoms with Crippen molar-refractivity contribution in [3.8, 4) is 5.75 Å². The van der Waals surface area contributed by atoms with E-state index < -0.39 is 22.3 Å². The zero-order chi connectivity index (χ0) is 21.9. The number of nitrogens with one attached hydrogen (secondary N) is 1. The Morgan fingerprint density at radius 3 is 2.13 bits per heavy atom. The molecule has 0 atom stereocenters. The number of carbonyl (C=O) groups is 1. The predicted molar refractivity (Wildman–Crippen MR) is 105 cm³/mol. The fourth-order valence-electron chi connectivity index (χ4n) is 3.10. The van der Waals surface area contributed by atoms with E-state index in [-0.39, 0.29) is 29.6 Å². The van der Waals surface area contributed by atoms with E-state index in [2.05, 4.69) is 10.1 Å². The van der Waals surface area contributed by atoms with Crippen LogP contribution in [-0.4, -0.2) is 38.1 Å². The molecular formula is C19H18ClF3N2O4S. The van der Waals surface area contributed by atoms with Gasteiger partial charge in [-0.2, -0.15) is 4.31 Å². The van der Waals surface area contributed by atoms with E-state index in [9.17, 15) is 26.4 Å². The van der Waals surface area contributed by atoms with Crippen LogP contribution in [0.1, 0.15) is 12.8 Å². The van der Waals surface area contributed by atoms with Crippen LogP contribution >= 0.6 is 11.6 Å². The number of halogens is 4. The van der Waals surface area contributed by atoms with Crippen molar-refractivity contribution in [1.82, 2.24) is 4.31 Å². The largest absolute Gasteiger partial charge is 0.573 e. The predicted octanol–water partition coefficient (Wildman–Crippen LogP) is 4.28. The Bertz CT molecular complexity index is 988. The molecule has 0 spiro atoms. The molecule has 11 heteroatoms. The van der Waals surface area contributed by atoms with Gasteiger partial charge < -0.3 is 10.1 Å². The third kappa shape index (κ3) is 5.65. The highest BCUT2D eigenvalue weighted by molar-refractivity contribution is 7.89. The lowest BCUT2D eigenvalue weighted by atomic mass is 9.97. The summed E-state index contributed by atoms with van der Waals surface area (Å²) in [5.74, 6) is -1.11. The van der Waals surface area contributed by atoms with Crippen molar-refractivity contribution in [1.29, 1.82) is 0 Å². The minimum atomic E-state index is -4.79. The van der Waals surface area contributed by atoms with Crippen LogP contribution in [-0.2, 0) is 14.8 Å². The second-order valence-corrected chi connectivity index (χ2v) is 9.07. The summed E-state index contributed by atoms with van der Waals surface area (Å²) >= 11 is 5.80. The van der Waals surface area contributed by atoms with Crippen LogP contribution in [0.4, 0.5) is 18.9 Å². The minimum Gasteiger partial charge on any atom is -0.406 e. The molecule has 1 fully saturated rings. The van der Waals surface area contributed by atoms with Gasteiger partial charge in [-0.05, 0) is 61.4 Å². The molecule has 1 aliphatic heterocycles. The number of rotatable bonds is 5. The molecular weight excluding hydrogens is 445 g/mol. The van der Waals surface area contributed by atoms with Gasteiger partial charge in [0, 0.05) is 29.7 Å². The van der Waals surface area contributed by atoms with Gasteiger partial charge in [-0.25, -0.2) is 8.42 Å². The maximum atomic E-state index is 12.7. The van der Waals surface area contributed by atoms with Crippen molar-refractivity contribution in [2.45, 2.75) is 24.1 Å². The highest BCUT2D eigenvalue weighted by Crippen LogP contribution is 2.27. The van der Waals surface area contributed by atoms with E-state index in [1.165, 1.54) is 40.7 Å². The zero-order valence-corrected chi connectivity index (χ0v) is 17.1. The number of anilines is 1. The quantitative estimate of drug-likeness (QED) is 0.719. The summed E-state index contributed by atoms with van der Waals surface area (Å²) in [6.45, 7) is 0.364. The van der Waals surface area contributed by atoms with Crippen molar-refractivity contribution in [2.24, 2.45) is 5.92 Å². The Kier molecular flexibility index (Phi) is 6.59. The summed E-state index contributed by atoms with van der Waals surface area (Å²) in [4.78, 5) is 12.6. The molecule has 2 aromatic rings. The van der Waals surface area contributed by atoms with Crippen molar-refractivity contribution in [3.05, 3.63) is 53.6 Å². The molecule has 30 heavy (non-hydrogen) atoms. The second-order valence-electron chi connectivity index (χ2n) is 6.69. The van der Waals surface area contributed by atoms with Crippen molar-refractivity contribution >= 4 is 33.2 Å². The molecule has 0 saturated carbocycles. The number of alkyl halides is 3. The monoisotopic (exact) mass is 462 g/mol. The van der Waals surface area contributed by atoms with Crippen LogP contribution in [0.15, 0.2) is 53.4 Å². The number of sulfonamides is 1. The number of benzene rings is 2. The number of amides is 1. The van der Waals surface area contributed by atoms with Crippen LogP contribution in [0.5, 0.6) is 5.75 Å². The van der Waals surface area contributed by atoms with Gasteiger partial charge in [-0.1, -0.05) is 11.6 Å². The summed E-state index contributed by atoms with van der Waals surface area (Å²) in [7, 11) is -3.67. The first-order valence-electron chi connectivity index (χ1n) is 8.97. The molecule has 0 bridgehead atoms. The lowest BCUT2D eigenvalue weighted by molar-refractivity contribution is -0.274. The highest BCUT2D eigenvalue weighted by atomic mass is 35.5. The molecule has 1 heterocycles. The molecule has 1 amide bonds. The summed E-state index contributed by atoms with van der Waals surface area (Å²) in [6.07, 6.45) is -4.13. The molecule has 6 nitrogen and oxygen atoms in total. The number of hydrogen-bond donors (Lipinski definition) is 1. The molecule has 0 unspecified atom stereocenters. The molecule has 1 aliphatic rings. The first-order valence-corrected chi connectivity index (χ1v) is 10.8. The van der Waals surface area contributed by atoms with Crippen LogP contribution in [0.3, 0.4) is 0 Å². The SMILES string of the molecule is O=C(Nc1ccc(OC(F)(F)F)cc1)C1CCN(S(=O)(=O)c2ccc(Cl)cc2)CC1. The van der Waals surface area contributed by atoms with Crippen LogP contribution < -0.4 is 10.1 Å². The summed E-state index contributed by atoms with van der Waals surface area (Å²) in [5.41, 5.74) is 0.325. The smallest absolute Gasteiger partial charge is 0.406 e. The molecule has 162 valence electrons. The third-order valence-electron chi connectivity index (χ3n) is 4.63. The Balaban J connectivity index is 1.56. The van der Waals surface area contributed by atoms with E-state index >= 15 is 0 Å². The van der Waals surface area contributed by atoms with Gasteiger partial charge in [0.2, 0.25) is 15.9 Å². The van der Waals surface area contributed by atoms with Crippen molar-refractivity contribution < 1.29 is 31.1 Å². The topological polar surface area (TPSA) is 75.7 Å². The zero-order valence-electron chi connectivity index (χ0n) is 15.5. The van der Waals surface area contributed by atoms with E-state index in [0.29, 0.717) is 23.6 Å². The molecule has 0 aromatic heterocycles. The van der Waals surface area contributed by atoms with Gasteiger partial charge in [-0.15, -0.1) is 13.2 Å². The number of carbonyl (C=O) groups excluding carboxylic acids is 1. The van der Waals surface area contributed by atoms with E-state index in [1.807, 2.05) is 0 Å². The first-order chi connectivity index (χ1) is 14.0. The highest BCUT2D eigenvalue weighted by Gasteiger charge is 2.33. The molecule has 2 aromatic carbocycles. The second kappa shape index (κ2) is 8.83. The van der Waals surface area contributed by atoms with Crippen LogP contribution in [0.25, 0.3) is 0 Å². The van der Waals surface area contributed by atoms with Gasteiger partial charge in [0.1, 0.15) is 5.75 Å². The third-order valence-corrected chi connectivity index (χ3v) is 6.80. The summed E-state index contributed by atoms with van der Waals surface area (Å²) in [6, 6.07) is 10.7. The molecule has 3 rings (SSSR count). The maximum Gasteiger partial charge on any atom is 0.573 e. The fraction of sp³-hybridized carbons (Fsp3) is 0.316. The number of ether oxygens (including phenoxy) is 1. The average molecular weight is 463 g/mol. The van der Waals surface area contributed by atoms with Crippen molar-refractivity contribution in [3.63, 3.8) is 0 Å². The van der Waals surface area contributed by atoms with Crippen molar-refractivity contribution in [2.75, 3.05) is 18.4 Å². The summed E-state index contributed by atoms with van der Waals surface area (Å²) in [5, 5.41) is 3.07. The van der Waals surface area contributed by atoms with Gasteiger partial charge in [0.25, 0.3) is 0 Å². The number of hydrogen-bond acceptors (Lipinski definition) is 4. The molecule has 1 saturated heterocycles. The molecule has 1 N–H and O–H groups in total. The maximum absolute atomic E-state index is 12.7. The van der Waals surface area contributed by atoms with Crippen LogP contribution in [0.2, 0.25) is 5.02 Å². The lowest BCUT2D eigenvalue weighted by Crippen LogP contribution is -2.41. The minimum absolute atomic E-state index is 0.135. The Labute approximate surface area is 176 Å². The Morgan fingerprint density at radius 2 is 1.60 bits per heavy atom. The Morgan fingerprint density at radius 1 is 1.03 bits per heavy atom.